The Kier molecular flexibility index (Phi) is 9.86. The molecule has 0 aliphatic heterocycles. The van der Waals surface area contributed by atoms with Gasteiger partial charge in [0.15, 0.2) is 5.75 Å². The molecular formula is C25H28Cl2N6O3. The maximum absolute atomic E-state index is 12.6. The number of carbonyl (C=O) groups is 2. The van der Waals surface area contributed by atoms with Gasteiger partial charge >= 0.3 is 6.09 Å². The van der Waals surface area contributed by atoms with E-state index < -0.39 is 6.09 Å². The van der Waals surface area contributed by atoms with Gasteiger partial charge in [0.1, 0.15) is 5.82 Å². The zero-order valence-electron chi connectivity index (χ0n) is 20.3. The van der Waals surface area contributed by atoms with E-state index in [-0.39, 0.29) is 22.6 Å². The van der Waals surface area contributed by atoms with Crippen LogP contribution in [0.5, 0.6) is 5.75 Å². The number of aromatic nitrogens is 2. The van der Waals surface area contributed by atoms with Gasteiger partial charge in [-0.3, -0.25) is 9.69 Å². The molecule has 0 aliphatic carbocycles. The number of rotatable bonds is 10. The van der Waals surface area contributed by atoms with Crippen LogP contribution in [-0.2, 0) is 0 Å². The molecule has 0 fully saturated rings. The van der Waals surface area contributed by atoms with E-state index >= 15 is 0 Å². The minimum Gasteiger partial charge on any atom is -0.408 e. The highest BCUT2D eigenvalue weighted by Crippen LogP contribution is 2.28. The highest BCUT2D eigenvalue weighted by molar-refractivity contribution is 6.34. The summed E-state index contributed by atoms with van der Waals surface area (Å²) in [6.07, 6.45) is 0.818. The number of nitrogens with one attached hydrogen (secondary N) is 2. The standard InChI is InChI=1S/C25H28Cl2N6O3/c1-4-33(5-2)15-14-28-23(34)17-6-9-19(10-7-17)30-24-29-13-12-22(31-24)32(3)25(35)36-21-16-18(26)8-11-20(21)27/h6-13,16H,4-5,14-15H2,1-3H3,(H,28,34)(H,29,30,31). The molecule has 0 aliphatic rings. The summed E-state index contributed by atoms with van der Waals surface area (Å²) in [7, 11) is 1.51. The summed E-state index contributed by atoms with van der Waals surface area (Å²) in [5.41, 5.74) is 1.24. The van der Waals surface area contributed by atoms with Crippen molar-refractivity contribution in [3.63, 3.8) is 0 Å². The molecule has 0 radical (unpaired) electrons. The Morgan fingerprint density at radius 1 is 1.03 bits per heavy atom. The maximum atomic E-state index is 12.6. The molecule has 2 aromatic carbocycles. The van der Waals surface area contributed by atoms with Crippen LogP contribution in [0.2, 0.25) is 10.0 Å². The molecule has 0 unspecified atom stereocenters. The van der Waals surface area contributed by atoms with E-state index in [1.54, 1.807) is 42.5 Å². The Balaban J connectivity index is 1.59. The molecule has 190 valence electrons. The first-order valence-electron chi connectivity index (χ1n) is 11.4. The van der Waals surface area contributed by atoms with E-state index in [1.165, 1.54) is 24.2 Å². The first-order chi connectivity index (χ1) is 17.3. The molecule has 2 N–H and O–H groups in total. The lowest BCUT2D eigenvalue weighted by atomic mass is 10.2. The fourth-order valence-corrected chi connectivity index (χ4v) is 3.53. The van der Waals surface area contributed by atoms with Gasteiger partial charge in [0, 0.05) is 48.7 Å². The molecule has 0 atom stereocenters. The predicted molar refractivity (Wildman–Crippen MR) is 143 cm³/mol. The highest BCUT2D eigenvalue weighted by atomic mass is 35.5. The average molecular weight is 531 g/mol. The van der Waals surface area contributed by atoms with Crippen molar-refractivity contribution in [3.8, 4) is 5.75 Å². The van der Waals surface area contributed by atoms with Crippen LogP contribution in [0.15, 0.2) is 54.7 Å². The molecule has 11 heteroatoms. The predicted octanol–water partition coefficient (Wildman–Crippen LogP) is 5.23. The van der Waals surface area contributed by atoms with Crippen molar-refractivity contribution in [2.24, 2.45) is 0 Å². The van der Waals surface area contributed by atoms with Crippen molar-refractivity contribution >= 4 is 52.7 Å². The van der Waals surface area contributed by atoms with Crippen LogP contribution in [0.4, 0.5) is 22.2 Å². The summed E-state index contributed by atoms with van der Waals surface area (Å²) >= 11 is 12.0. The summed E-state index contributed by atoms with van der Waals surface area (Å²) in [5, 5.41) is 6.64. The van der Waals surface area contributed by atoms with Crippen molar-refractivity contribution in [2.75, 3.05) is 43.4 Å². The van der Waals surface area contributed by atoms with Gasteiger partial charge < -0.3 is 20.3 Å². The van der Waals surface area contributed by atoms with Gasteiger partial charge in [-0.25, -0.2) is 9.78 Å². The van der Waals surface area contributed by atoms with E-state index in [0.717, 1.165) is 19.6 Å². The van der Waals surface area contributed by atoms with E-state index in [1.807, 2.05) is 0 Å². The van der Waals surface area contributed by atoms with Crippen molar-refractivity contribution in [1.82, 2.24) is 20.2 Å². The Labute approximate surface area is 220 Å². The van der Waals surface area contributed by atoms with Gasteiger partial charge in [-0.1, -0.05) is 37.0 Å². The van der Waals surface area contributed by atoms with Crippen LogP contribution < -0.4 is 20.3 Å². The molecule has 0 saturated heterocycles. The number of hydrogen-bond donors (Lipinski definition) is 2. The van der Waals surface area contributed by atoms with Gasteiger partial charge in [0.05, 0.1) is 5.02 Å². The van der Waals surface area contributed by atoms with E-state index in [9.17, 15) is 9.59 Å². The number of amides is 2. The Hall–Kier alpha value is -3.40. The van der Waals surface area contributed by atoms with Crippen LogP contribution in [-0.4, -0.2) is 60.1 Å². The van der Waals surface area contributed by atoms with E-state index in [2.05, 4.69) is 39.3 Å². The third kappa shape index (κ3) is 7.55. The first-order valence-corrected chi connectivity index (χ1v) is 12.2. The van der Waals surface area contributed by atoms with Gasteiger partial charge in [-0.05, 0) is 55.6 Å². The number of benzene rings is 2. The summed E-state index contributed by atoms with van der Waals surface area (Å²) < 4.78 is 5.34. The van der Waals surface area contributed by atoms with Gasteiger partial charge in [-0.15, -0.1) is 0 Å². The average Bonchev–Trinajstić information content (AvgIpc) is 2.88. The van der Waals surface area contributed by atoms with Crippen molar-refractivity contribution < 1.29 is 14.3 Å². The van der Waals surface area contributed by atoms with Crippen molar-refractivity contribution in [3.05, 3.63) is 70.3 Å². The first kappa shape index (κ1) is 27.2. The van der Waals surface area contributed by atoms with Crippen LogP contribution in [0, 0.1) is 0 Å². The lowest BCUT2D eigenvalue weighted by molar-refractivity contribution is 0.0949. The lowest BCUT2D eigenvalue weighted by Gasteiger charge is -2.18. The molecule has 1 heterocycles. The Bertz CT molecular complexity index is 1190. The lowest BCUT2D eigenvalue weighted by Crippen LogP contribution is -2.34. The fraction of sp³-hybridized carbons (Fsp3) is 0.280. The summed E-state index contributed by atoms with van der Waals surface area (Å²) in [4.78, 5) is 37.0. The second kappa shape index (κ2) is 13.1. The van der Waals surface area contributed by atoms with E-state index in [4.69, 9.17) is 27.9 Å². The minimum atomic E-state index is -0.694. The largest absolute Gasteiger partial charge is 0.420 e. The van der Waals surface area contributed by atoms with Gasteiger partial charge in [-0.2, -0.15) is 4.98 Å². The topological polar surface area (TPSA) is 99.7 Å². The summed E-state index contributed by atoms with van der Waals surface area (Å²) in [6, 6.07) is 13.1. The van der Waals surface area contributed by atoms with Crippen LogP contribution in [0.25, 0.3) is 0 Å². The van der Waals surface area contributed by atoms with Crippen LogP contribution >= 0.6 is 23.2 Å². The summed E-state index contributed by atoms with van der Waals surface area (Å²) in [5.74, 6) is 0.585. The second-order valence-electron chi connectivity index (χ2n) is 7.73. The molecule has 9 nitrogen and oxygen atoms in total. The van der Waals surface area contributed by atoms with E-state index in [0.29, 0.717) is 28.6 Å². The van der Waals surface area contributed by atoms with Crippen LogP contribution in [0.3, 0.4) is 0 Å². The number of carbonyl (C=O) groups excluding carboxylic acids is 2. The molecule has 1 aromatic heterocycles. The molecule has 36 heavy (non-hydrogen) atoms. The monoisotopic (exact) mass is 530 g/mol. The normalized spacial score (nSPS) is 10.7. The molecule has 0 spiro atoms. The number of anilines is 3. The smallest absolute Gasteiger partial charge is 0.408 e. The fourth-order valence-electron chi connectivity index (χ4n) is 3.21. The quantitative estimate of drug-likeness (QED) is 0.370. The minimum absolute atomic E-state index is 0.133. The maximum Gasteiger partial charge on any atom is 0.420 e. The van der Waals surface area contributed by atoms with Crippen LogP contribution in [0.1, 0.15) is 24.2 Å². The zero-order valence-corrected chi connectivity index (χ0v) is 21.8. The molecule has 0 bridgehead atoms. The number of hydrogen-bond acceptors (Lipinski definition) is 7. The molecule has 3 rings (SSSR count). The number of ether oxygens (including phenoxy) is 1. The van der Waals surface area contributed by atoms with Gasteiger partial charge in [0.2, 0.25) is 5.95 Å². The molecular weight excluding hydrogens is 503 g/mol. The number of nitrogens with zero attached hydrogens (tertiary/aromatic N) is 4. The Morgan fingerprint density at radius 3 is 2.44 bits per heavy atom. The number of halogens is 2. The highest BCUT2D eigenvalue weighted by Gasteiger charge is 2.17. The number of likely N-dealkylation sites (N-methyl/N-ethyl adjacent to an activating group) is 1. The molecule has 0 saturated carbocycles. The summed E-state index contributed by atoms with van der Waals surface area (Å²) in [6.45, 7) is 7.47. The Morgan fingerprint density at radius 2 is 1.75 bits per heavy atom. The van der Waals surface area contributed by atoms with Crippen molar-refractivity contribution in [2.45, 2.75) is 13.8 Å². The molecule has 3 aromatic rings. The zero-order chi connectivity index (χ0) is 26.1. The third-order valence-corrected chi connectivity index (χ3v) is 5.91. The van der Waals surface area contributed by atoms with Crippen molar-refractivity contribution in [1.29, 1.82) is 0 Å². The third-order valence-electron chi connectivity index (χ3n) is 5.36. The molecule has 2 amide bonds. The SMILES string of the molecule is CCN(CC)CCNC(=O)c1ccc(Nc2nccc(N(C)C(=O)Oc3cc(Cl)ccc3Cl)n2)cc1. The second-order valence-corrected chi connectivity index (χ2v) is 8.57. The van der Waals surface area contributed by atoms with Gasteiger partial charge in [0.25, 0.3) is 5.91 Å².